The first kappa shape index (κ1) is 9.21. The van der Waals surface area contributed by atoms with E-state index in [0.717, 1.165) is 16.1 Å². The summed E-state index contributed by atoms with van der Waals surface area (Å²) in [5, 5.41) is 3.12. The van der Waals surface area contributed by atoms with Gasteiger partial charge in [0.25, 0.3) is 0 Å². The number of nitrogens with one attached hydrogen (secondary N) is 1. The van der Waals surface area contributed by atoms with Crippen LogP contribution in [0.3, 0.4) is 0 Å². The van der Waals surface area contributed by atoms with Gasteiger partial charge in [0.2, 0.25) is 0 Å². The van der Waals surface area contributed by atoms with Crippen molar-refractivity contribution in [3.05, 3.63) is 41.2 Å². The van der Waals surface area contributed by atoms with E-state index in [2.05, 4.69) is 31.2 Å². The van der Waals surface area contributed by atoms with Crippen LogP contribution in [-0.4, -0.2) is 9.97 Å². The number of hydrogen-bond donors (Lipinski definition) is 1. The minimum absolute atomic E-state index is 0.674. The van der Waals surface area contributed by atoms with E-state index in [9.17, 15) is 0 Å². The summed E-state index contributed by atoms with van der Waals surface area (Å²) in [6, 6.07) is 1.91. The summed E-state index contributed by atoms with van der Waals surface area (Å²) in [5.74, 6) is 0.754. The Balaban J connectivity index is 1.95. The summed E-state index contributed by atoms with van der Waals surface area (Å²) in [6.07, 6.45) is 6.65. The van der Waals surface area contributed by atoms with E-state index in [0.29, 0.717) is 6.54 Å². The van der Waals surface area contributed by atoms with E-state index in [4.69, 9.17) is 4.42 Å². The Morgan fingerprint density at radius 2 is 2.36 bits per heavy atom. The quantitative estimate of drug-likeness (QED) is 0.913. The maximum atomic E-state index is 5.09. The molecule has 2 aromatic rings. The number of halogens is 1. The van der Waals surface area contributed by atoms with Gasteiger partial charge in [0, 0.05) is 24.5 Å². The SMILES string of the molecule is Brc1cc(CNc2cnccn2)co1. The molecule has 0 spiro atoms. The molecule has 0 aliphatic rings. The lowest BCUT2D eigenvalue weighted by Gasteiger charge is -2.00. The first-order valence-electron chi connectivity index (χ1n) is 4.07. The zero-order valence-corrected chi connectivity index (χ0v) is 8.86. The van der Waals surface area contributed by atoms with Crippen LogP contribution in [0, 0.1) is 0 Å². The monoisotopic (exact) mass is 253 g/mol. The van der Waals surface area contributed by atoms with Crippen LogP contribution in [0.15, 0.2) is 40.0 Å². The number of nitrogens with zero attached hydrogens (tertiary/aromatic N) is 2. The molecule has 0 unspecified atom stereocenters. The highest BCUT2D eigenvalue weighted by molar-refractivity contribution is 9.10. The number of rotatable bonds is 3. The Morgan fingerprint density at radius 1 is 1.43 bits per heavy atom. The van der Waals surface area contributed by atoms with Crippen molar-refractivity contribution in [2.45, 2.75) is 6.54 Å². The van der Waals surface area contributed by atoms with E-state index in [-0.39, 0.29) is 0 Å². The van der Waals surface area contributed by atoms with Gasteiger partial charge in [0.05, 0.1) is 12.5 Å². The topological polar surface area (TPSA) is 51.0 Å². The molecule has 0 fully saturated rings. The minimum atomic E-state index is 0.674. The van der Waals surface area contributed by atoms with Gasteiger partial charge in [-0.25, -0.2) is 4.98 Å². The Labute approximate surface area is 89.5 Å². The van der Waals surface area contributed by atoms with Gasteiger partial charge in [0.15, 0.2) is 4.67 Å². The molecule has 0 aromatic carbocycles. The van der Waals surface area contributed by atoms with Crippen LogP contribution in [0.25, 0.3) is 0 Å². The highest BCUT2D eigenvalue weighted by Gasteiger charge is 1.98. The second-order valence-corrected chi connectivity index (χ2v) is 3.48. The van der Waals surface area contributed by atoms with Crippen LogP contribution in [0.1, 0.15) is 5.56 Å². The highest BCUT2D eigenvalue weighted by atomic mass is 79.9. The van der Waals surface area contributed by atoms with Gasteiger partial charge in [-0.05, 0) is 22.0 Å². The maximum absolute atomic E-state index is 5.09. The number of furan rings is 1. The van der Waals surface area contributed by atoms with Gasteiger partial charge in [-0.2, -0.15) is 0 Å². The predicted molar refractivity (Wildman–Crippen MR) is 55.8 cm³/mol. The summed E-state index contributed by atoms with van der Waals surface area (Å²) in [4.78, 5) is 8.03. The molecule has 0 bridgehead atoms. The van der Waals surface area contributed by atoms with Crippen LogP contribution < -0.4 is 5.32 Å². The van der Waals surface area contributed by atoms with Crippen molar-refractivity contribution in [1.29, 1.82) is 0 Å². The highest BCUT2D eigenvalue weighted by Crippen LogP contribution is 2.14. The molecule has 0 atom stereocenters. The van der Waals surface area contributed by atoms with Crippen molar-refractivity contribution < 1.29 is 4.42 Å². The van der Waals surface area contributed by atoms with Crippen molar-refractivity contribution in [2.75, 3.05) is 5.32 Å². The van der Waals surface area contributed by atoms with Crippen LogP contribution in [0.5, 0.6) is 0 Å². The molecule has 0 aliphatic carbocycles. The molecule has 72 valence electrons. The third-order valence-electron chi connectivity index (χ3n) is 1.66. The van der Waals surface area contributed by atoms with Crippen LogP contribution in [-0.2, 0) is 6.54 Å². The van der Waals surface area contributed by atoms with Crippen molar-refractivity contribution in [1.82, 2.24) is 9.97 Å². The van der Waals surface area contributed by atoms with E-state index in [1.165, 1.54) is 0 Å². The molecule has 1 N–H and O–H groups in total. The van der Waals surface area contributed by atoms with Crippen molar-refractivity contribution >= 4 is 21.7 Å². The average Bonchev–Trinajstić information content (AvgIpc) is 2.63. The Hall–Kier alpha value is -1.36. The Morgan fingerprint density at radius 3 is 3.00 bits per heavy atom. The summed E-state index contributed by atoms with van der Waals surface area (Å²) in [7, 11) is 0. The fraction of sp³-hybridized carbons (Fsp3) is 0.111. The van der Waals surface area contributed by atoms with Crippen LogP contribution >= 0.6 is 15.9 Å². The van der Waals surface area contributed by atoms with Gasteiger partial charge < -0.3 is 9.73 Å². The minimum Gasteiger partial charge on any atom is -0.457 e. The molecular weight excluding hydrogens is 246 g/mol. The lowest BCUT2D eigenvalue weighted by atomic mass is 10.3. The Kier molecular flexibility index (Phi) is 2.78. The van der Waals surface area contributed by atoms with Gasteiger partial charge in [-0.3, -0.25) is 4.98 Å². The van der Waals surface area contributed by atoms with Gasteiger partial charge in [-0.15, -0.1) is 0 Å². The second kappa shape index (κ2) is 4.23. The molecular formula is C9H8BrN3O. The first-order chi connectivity index (χ1) is 6.84. The molecule has 0 amide bonds. The Bertz CT molecular complexity index is 401. The first-order valence-corrected chi connectivity index (χ1v) is 4.87. The molecule has 5 heteroatoms. The van der Waals surface area contributed by atoms with Crippen molar-refractivity contribution in [3.8, 4) is 0 Å². The van der Waals surface area contributed by atoms with Crippen molar-refractivity contribution in [3.63, 3.8) is 0 Å². The molecule has 2 heterocycles. The van der Waals surface area contributed by atoms with E-state index in [1.807, 2.05) is 6.07 Å². The normalized spacial score (nSPS) is 10.1. The molecule has 0 radical (unpaired) electrons. The fourth-order valence-electron chi connectivity index (χ4n) is 1.02. The largest absolute Gasteiger partial charge is 0.457 e. The molecule has 0 saturated carbocycles. The van der Waals surface area contributed by atoms with Crippen molar-refractivity contribution in [2.24, 2.45) is 0 Å². The standard InChI is InChI=1S/C9H8BrN3O/c10-8-3-7(6-14-8)4-13-9-5-11-1-2-12-9/h1-3,5-6H,4H2,(H,12,13). The lowest BCUT2D eigenvalue weighted by molar-refractivity contribution is 0.539. The number of hydrogen-bond acceptors (Lipinski definition) is 4. The van der Waals surface area contributed by atoms with Gasteiger partial charge >= 0.3 is 0 Å². The van der Waals surface area contributed by atoms with Gasteiger partial charge in [-0.1, -0.05) is 0 Å². The zero-order chi connectivity index (χ0) is 9.80. The lowest BCUT2D eigenvalue weighted by Crippen LogP contribution is -1.99. The second-order valence-electron chi connectivity index (χ2n) is 2.70. The fourth-order valence-corrected chi connectivity index (χ4v) is 1.41. The number of aromatic nitrogens is 2. The van der Waals surface area contributed by atoms with E-state index >= 15 is 0 Å². The summed E-state index contributed by atoms with van der Waals surface area (Å²) in [6.45, 7) is 0.674. The molecule has 2 rings (SSSR count). The van der Waals surface area contributed by atoms with Crippen LogP contribution in [0.4, 0.5) is 5.82 Å². The van der Waals surface area contributed by atoms with Crippen LogP contribution in [0.2, 0.25) is 0 Å². The molecule has 14 heavy (non-hydrogen) atoms. The number of anilines is 1. The molecule has 4 nitrogen and oxygen atoms in total. The van der Waals surface area contributed by atoms with E-state index < -0.39 is 0 Å². The van der Waals surface area contributed by atoms with Gasteiger partial charge in [0.1, 0.15) is 5.82 Å². The third-order valence-corrected chi connectivity index (χ3v) is 2.07. The van der Waals surface area contributed by atoms with E-state index in [1.54, 1.807) is 24.9 Å². The zero-order valence-electron chi connectivity index (χ0n) is 7.27. The average molecular weight is 254 g/mol. The molecule has 0 aliphatic heterocycles. The maximum Gasteiger partial charge on any atom is 0.169 e. The summed E-state index contributed by atoms with van der Waals surface area (Å²) < 4.78 is 5.82. The summed E-state index contributed by atoms with van der Waals surface area (Å²) >= 11 is 3.24. The molecule has 2 aromatic heterocycles. The third kappa shape index (κ3) is 2.32. The molecule has 0 saturated heterocycles. The predicted octanol–water partition coefficient (Wildman–Crippen LogP) is 2.44. The summed E-state index contributed by atoms with van der Waals surface area (Å²) in [5.41, 5.74) is 1.06. The smallest absolute Gasteiger partial charge is 0.169 e.